The van der Waals surface area contributed by atoms with Crippen molar-refractivity contribution >= 4 is 39.7 Å². The van der Waals surface area contributed by atoms with Gasteiger partial charge in [0.25, 0.3) is 0 Å². The third-order valence-corrected chi connectivity index (χ3v) is 5.35. The van der Waals surface area contributed by atoms with Gasteiger partial charge >= 0.3 is 0 Å². The molecule has 28 heavy (non-hydrogen) atoms. The highest BCUT2D eigenvalue weighted by Crippen LogP contribution is 2.18. The number of nitrogens with one attached hydrogen (secondary N) is 2. The SMILES string of the molecule is Nc1nc(CC(=O)Nc2ccc(CCNC[C@H](Cl)c3ccccc3)cc2)cs1. The lowest BCUT2D eigenvalue weighted by atomic mass is 10.1. The zero-order chi connectivity index (χ0) is 19.8. The lowest BCUT2D eigenvalue weighted by Crippen LogP contribution is -2.21. The van der Waals surface area contributed by atoms with E-state index in [4.69, 9.17) is 17.3 Å². The summed E-state index contributed by atoms with van der Waals surface area (Å²) in [5.41, 5.74) is 9.37. The summed E-state index contributed by atoms with van der Waals surface area (Å²) < 4.78 is 0. The Hall–Kier alpha value is -2.41. The van der Waals surface area contributed by atoms with Gasteiger partial charge in [-0.3, -0.25) is 4.79 Å². The number of hydrogen-bond acceptors (Lipinski definition) is 5. The number of halogens is 1. The van der Waals surface area contributed by atoms with Crippen molar-refractivity contribution in [3.05, 3.63) is 76.8 Å². The standard InChI is InChI=1S/C21H23ClN4OS/c22-19(16-4-2-1-3-5-16)13-24-11-10-15-6-8-17(9-7-15)25-20(27)12-18-14-28-21(23)26-18/h1-9,14,19,24H,10-13H2,(H2,23,26)(H,25,27)/t19-/m0/s1. The van der Waals surface area contributed by atoms with Crippen molar-refractivity contribution in [3.8, 4) is 0 Å². The first-order valence-electron chi connectivity index (χ1n) is 9.08. The average Bonchev–Trinajstić information content (AvgIpc) is 3.11. The molecule has 0 spiro atoms. The smallest absolute Gasteiger partial charge is 0.230 e. The minimum atomic E-state index is -0.103. The second kappa shape index (κ2) is 10.2. The molecular weight excluding hydrogens is 392 g/mol. The van der Waals surface area contributed by atoms with Gasteiger partial charge in [0.2, 0.25) is 5.91 Å². The van der Waals surface area contributed by atoms with Crippen LogP contribution in [0.25, 0.3) is 0 Å². The monoisotopic (exact) mass is 414 g/mol. The number of aromatic nitrogens is 1. The highest BCUT2D eigenvalue weighted by molar-refractivity contribution is 7.13. The fourth-order valence-corrected chi connectivity index (χ4v) is 3.59. The van der Waals surface area contributed by atoms with Crippen molar-refractivity contribution in [2.75, 3.05) is 24.1 Å². The number of nitrogens with two attached hydrogens (primary N) is 1. The van der Waals surface area contributed by atoms with Gasteiger partial charge in [0.1, 0.15) is 0 Å². The fourth-order valence-electron chi connectivity index (χ4n) is 2.77. The number of carbonyl (C=O) groups excluding carboxylic acids is 1. The van der Waals surface area contributed by atoms with Crippen molar-refractivity contribution in [3.63, 3.8) is 0 Å². The van der Waals surface area contributed by atoms with E-state index < -0.39 is 0 Å². The molecule has 0 fully saturated rings. The molecular formula is C21H23ClN4OS. The van der Waals surface area contributed by atoms with Crippen LogP contribution < -0.4 is 16.4 Å². The van der Waals surface area contributed by atoms with Gasteiger partial charge in [0.05, 0.1) is 17.5 Å². The zero-order valence-corrected chi connectivity index (χ0v) is 17.0. The van der Waals surface area contributed by atoms with E-state index in [1.54, 1.807) is 5.38 Å². The number of rotatable bonds is 9. The molecule has 0 bridgehead atoms. The molecule has 3 aromatic rings. The Labute approximate surface area is 173 Å². The van der Waals surface area contributed by atoms with Gasteiger partial charge < -0.3 is 16.4 Å². The molecule has 0 radical (unpaired) electrons. The third-order valence-electron chi connectivity index (χ3n) is 4.22. The molecule has 0 saturated heterocycles. The van der Waals surface area contributed by atoms with Crippen LogP contribution in [0.15, 0.2) is 60.0 Å². The lowest BCUT2D eigenvalue weighted by Gasteiger charge is -2.11. The van der Waals surface area contributed by atoms with Gasteiger partial charge in [-0.15, -0.1) is 22.9 Å². The first kappa shape index (κ1) is 20.3. The van der Waals surface area contributed by atoms with Crippen molar-refractivity contribution in [1.82, 2.24) is 10.3 Å². The number of carbonyl (C=O) groups is 1. The van der Waals surface area contributed by atoms with Crippen LogP contribution in [-0.4, -0.2) is 24.0 Å². The van der Waals surface area contributed by atoms with E-state index in [1.165, 1.54) is 16.9 Å². The molecule has 0 aliphatic heterocycles. The Morgan fingerprint density at radius 3 is 2.57 bits per heavy atom. The summed E-state index contributed by atoms with van der Waals surface area (Å²) in [5.74, 6) is -0.103. The molecule has 3 rings (SSSR count). The number of hydrogen-bond donors (Lipinski definition) is 3. The number of benzene rings is 2. The molecule has 146 valence electrons. The number of thiazole rings is 1. The van der Waals surface area contributed by atoms with E-state index in [1.807, 2.05) is 54.6 Å². The fraction of sp³-hybridized carbons (Fsp3) is 0.238. The summed E-state index contributed by atoms with van der Waals surface area (Å²) in [7, 11) is 0. The summed E-state index contributed by atoms with van der Waals surface area (Å²) in [6, 6.07) is 17.9. The summed E-state index contributed by atoms with van der Waals surface area (Å²) in [4.78, 5) is 16.2. The second-order valence-electron chi connectivity index (χ2n) is 6.43. The van der Waals surface area contributed by atoms with Crippen molar-refractivity contribution in [2.24, 2.45) is 0 Å². The van der Waals surface area contributed by atoms with Crippen LogP contribution in [0.1, 0.15) is 22.2 Å². The predicted octanol–water partition coefficient (Wildman–Crippen LogP) is 4.02. The van der Waals surface area contributed by atoms with Crippen LogP contribution in [-0.2, 0) is 17.6 Å². The summed E-state index contributed by atoms with van der Waals surface area (Å²) in [5, 5.41) is 8.51. The summed E-state index contributed by atoms with van der Waals surface area (Å²) in [6.45, 7) is 1.56. The van der Waals surface area contributed by atoms with Gasteiger partial charge in [-0.05, 0) is 36.2 Å². The van der Waals surface area contributed by atoms with Crippen molar-refractivity contribution < 1.29 is 4.79 Å². The molecule has 0 aliphatic rings. The number of nitrogens with zero attached hydrogens (tertiary/aromatic N) is 1. The zero-order valence-electron chi connectivity index (χ0n) is 15.4. The van der Waals surface area contributed by atoms with Gasteiger partial charge in [0.15, 0.2) is 5.13 Å². The minimum absolute atomic E-state index is 0.0353. The number of nitrogen functional groups attached to an aromatic ring is 1. The Balaban J connectivity index is 1.38. The second-order valence-corrected chi connectivity index (χ2v) is 7.85. The molecule has 4 N–H and O–H groups in total. The maximum atomic E-state index is 12.1. The normalized spacial score (nSPS) is 11.9. The molecule has 1 amide bonds. The van der Waals surface area contributed by atoms with Crippen LogP contribution >= 0.6 is 22.9 Å². The molecule has 5 nitrogen and oxygen atoms in total. The van der Waals surface area contributed by atoms with Gasteiger partial charge in [-0.25, -0.2) is 4.98 Å². The van der Waals surface area contributed by atoms with Crippen LogP contribution in [0.2, 0.25) is 0 Å². The topological polar surface area (TPSA) is 80.0 Å². The van der Waals surface area contributed by atoms with E-state index in [0.717, 1.165) is 30.8 Å². The van der Waals surface area contributed by atoms with E-state index in [-0.39, 0.29) is 17.7 Å². The summed E-state index contributed by atoms with van der Waals surface area (Å²) in [6.07, 6.45) is 1.12. The first-order chi connectivity index (χ1) is 13.6. The van der Waals surface area contributed by atoms with Gasteiger partial charge in [-0.1, -0.05) is 42.5 Å². The first-order valence-corrected chi connectivity index (χ1v) is 10.4. The Morgan fingerprint density at radius 1 is 1.14 bits per heavy atom. The minimum Gasteiger partial charge on any atom is -0.375 e. The number of amides is 1. The van der Waals surface area contributed by atoms with Gasteiger partial charge in [-0.2, -0.15) is 0 Å². The van der Waals surface area contributed by atoms with Crippen LogP contribution in [0.5, 0.6) is 0 Å². The molecule has 7 heteroatoms. The number of anilines is 2. The van der Waals surface area contributed by atoms with Crippen LogP contribution in [0.3, 0.4) is 0 Å². The summed E-state index contributed by atoms with van der Waals surface area (Å²) >= 11 is 7.74. The molecule has 1 heterocycles. The molecule has 0 saturated carbocycles. The van der Waals surface area contributed by atoms with Gasteiger partial charge in [0, 0.05) is 17.6 Å². The quantitative estimate of drug-likeness (QED) is 0.365. The molecule has 0 aliphatic carbocycles. The molecule has 1 aromatic heterocycles. The highest BCUT2D eigenvalue weighted by atomic mass is 35.5. The highest BCUT2D eigenvalue weighted by Gasteiger charge is 2.08. The van der Waals surface area contributed by atoms with Crippen molar-refractivity contribution in [2.45, 2.75) is 18.2 Å². The molecule has 1 atom stereocenters. The van der Waals surface area contributed by atoms with Crippen molar-refractivity contribution in [1.29, 1.82) is 0 Å². The van der Waals surface area contributed by atoms with Crippen LogP contribution in [0, 0.1) is 0 Å². The largest absolute Gasteiger partial charge is 0.375 e. The maximum Gasteiger partial charge on any atom is 0.230 e. The number of alkyl halides is 1. The maximum absolute atomic E-state index is 12.1. The van der Waals surface area contributed by atoms with E-state index >= 15 is 0 Å². The van der Waals surface area contributed by atoms with Crippen LogP contribution in [0.4, 0.5) is 10.8 Å². The third kappa shape index (κ3) is 6.34. The average molecular weight is 415 g/mol. The molecule has 0 unspecified atom stereocenters. The molecule has 2 aromatic carbocycles. The lowest BCUT2D eigenvalue weighted by molar-refractivity contribution is -0.115. The van der Waals surface area contributed by atoms with E-state index in [2.05, 4.69) is 15.6 Å². The Kier molecular flexibility index (Phi) is 7.42. The Bertz CT molecular complexity index is 883. The predicted molar refractivity (Wildman–Crippen MR) is 117 cm³/mol. The van der Waals surface area contributed by atoms with E-state index in [0.29, 0.717) is 10.8 Å². The van der Waals surface area contributed by atoms with E-state index in [9.17, 15) is 4.79 Å². The Morgan fingerprint density at radius 2 is 1.89 bits per heavy atom.